The van der Waals surface area contributed by atoms with Gasteiger partial charge in [0.1, 0.15) is 15.6 Å². The van der Waals surface area contributed by atoms with Crippen molar-refractivity contribution in [3.05, 3.63) is 0 Å². The van der Waals surface area contributed by atoms with Crippen molar-refractivity contribution in [2.75, 3.05) is 6.26 Å². The molecule has 16 heavy (non-hydrogen) atoms. The molecule has 3 unspecified atom stereocenters. The summed E-state index contributed by atoms with van der Waals surface area (Å²) in [6.07, 6.45) is 5.14. The van der Waals surface area contributed by atoms with E-state index in [1.807, 2.05) is 13.8 Å². The molecule has 0 spiro atoms. The van der Waals surface area contributed by atoms with Crippen LogP contribution in [0.5, 0.6) is 0 Å². The predicted octanol–water partition coefficient (Wildman–Crippen LogP) is 2.21. The highest BCUT2D eigenvalue weighted by molar-refractivity contribution is 7.91. The third-order valence-electron chi connectivity index (χ3n) is 3.73. The van der Waals surface area contributed by atoms with Gasteiger partial charge >= 0.3 is 0 Å². The standard InChI is InChI=1S/C12H22O3S/c1-4-9(2)12(13)10-6-5-7-11(8-10)16(3,14)15/h9-11H,4-8H2,1-3H3. The van der Waals surface area contributed by atoms with Gasteiger partial charge in [-0.2, -0.15) is 0 Å². The van der Waals surface area contributed by atoms with Crippen LogP contribution in [0.1, 0.15) is 46.0 Å². The molecule has 1 saturated carbocycles. The van der Waals surface area contributed by atoms with Crippen molar-refractivity contribution in [1.82, 2.24) is 0 Å². The van der Waals surface area contributed by atoms with E-state index in [-0.39, 0.29) is 22.9 Å². The van der Waals surface area contributed by atoms with Crippen LogP contribution in [0.2, 0.25) is 0 Å². The van der Waals surface area contributed by atoms with Crippen LogP contribution in [0.4, 0.5) is 0 Å². The van der Waals surface area contributed by atoms with Gasteiger partial charge in [-0.25, -0.2) is 8.42 Å². The molecule has 1 fully saturated rings. The quantitative estimate of drug-likeness (QED) is 0.764. The molecule has 0 aromatic heterocycles. The molecule has 94 valence electrons. The van der Waals surface area contributed by atoms with Gasteiger partial charge in [-0.15, -0.1) is 0 Å². The molecule has 4 heteroatoms. The molecular weight excluding hydrogens is 224 g/mol. The second kappa shape index (κ2) is 5.30. The molecule has 0 heterocycles. The van der Waals surface area contributed by atoms with Crippen LogP contribution < -0.4 is 0 Å². The molecule has 1 rings (SSSR count). The Morgan fingerprint density at radius 2 is 2.00 bits per heavy atom. The fraction of sp³-hybridized carbons (Fsp3) is 0.917. The minimum atomic E-state index is -2.98. The lowest BCUT2D eigenvalue weighted by Crippen LogP contribution is -2.33. The zero-order valence-corrected chi connectivity index (χ0v) is 11.2. The van der Waals surface area contributed by atoms with E-state index >= 15 is 0 Å². The summed E-state index contributed by atoms with van der Waals surface area (Å²) >= 11 is 0. The lowest BCUT2D eigenvalue weighted by Gasteiger charge is -2.28. The molecule has 0 saturated heterocycles. The fourth-order valence-electron chi connectivity index (χ4n) is 2.40. The zero-order chi connectivity index (χ0) is 12.3. The van der Waals surface area contributed by atoms with Crippen molar-refractivity contribution in [2.24, 2.45) is 11.8 Å². The first-order valence-corrected chi connectivity index (χ1v) is 8.04. The highest BCUT2D eigenvalue weighted by atomic mass is 32.2. The van der Waals surface area contributed by atoms with Crippen molar-refractivity contribution in [1.29, 1.82) is 0 Å². The fourth-order valence-corrected chi connectivity index (χ4v) is 3.57. The molecule has 0 aromatic rings. The molecule has 0 aromatic carbocycles. The lowest BCUT2D eigenvalue weighted by molar-refractivity contribution is -0.127. The molecule has 3 atom stereocenters. The van der Waals surface area contributed by atoms with E-state index in [0.29, 0.717) is 6.42 Å². The van der Waals surface area contributed by atoms with Gasteiger partial charge in [0.2, 0.25) is 0 Å². The maximum absolute atomic E-state index is 12.0. The number of hydrogen-bond acceptors (Lipinski definition) is 3. The third kappa shape index (κ3) is 3.30. The molecule has 1 aliphatic carbocycles. The Bertz CT molecular complexity index is 345. The minimum Gasteiger partial charge on any atom is -0.299 e. The molecule has 3 nitrogen and oxygen atoms in total. The number of ketones is 1. The Kier molecular flexibility index (Phi) is 4.53. The number of Topliss-reactive ketones (excluding diaryl/α,β-unsaturated/α-hetero) is 1. The zero-order valence-electron chi connectivity index (χ0n) is 10.4. The van der Waals surface area contributed by atoms with Crippen LogP contribution in [-0.4, -0.2) is 25.7 Å². The van der Waals surface area contributed by atoms with Crippen LogP contribution in [0.3, 0.4) is 0 Å². The van der Waals surface area contributed by atoms with Gasteiger partial charge in [0, 0.05) is 18.1 Å². The molecule has 0 amide bonds. The van der Waals surface area contributed by atoms with Gasteiger partial charge in [0.25, 0.3) is 0 Å². The molecular formula is C12H22O3S. The SMILES string of the molecule is CCC(C)C(=O)C1CCCC(S(C)(=O)=O)C1. The number of carbonyl (C=O) groups excluding carboxylic acids is 1. The monoisotopic (exact) mass is 246 g/mol. The van der Waals surface area contributed by atoms with Gasteiger partial charge in [0.05, 0.1) is 5.25 Å². The van der Waals surface area contributed by atoms with Gasteiger partial charge in [0.15, 0.2) is 0 Å². The summed E-state index contributed by atoms with van der Waals surface area (Å²) in [5.74, 6) is 0.308. The number of carbonyl (C=O) groups is 1. The Morgan fingerprint density at radius 1 is 1.38 bits per heavy atom. The van der Waals surface area contributed by atoms with E-state index in [9.17, 15) is 13.2 Å². The Balaban J connectivity index is 2.68. The Morgan fingerprint density at radius 3 is 2.50 bits per heavy atom. The van der Waals surface area contributed by atoms with Crippen LogP contribution in [-0.2, 0) is 14.6 Å². The van der Waals surface area contributed by atoms with Crippen LogP contribution in [0.25, 0.3) is 0 Å². The summed E-state index contributed by atoms with van der Waals surface area (Å²) in [5.41, 5.74) is 0. The van der Waals surface area contributed by atoms with Gasteiger partial charge < -0.3 is 0 Å². The summed E-state index contributed by atoms with van der Waals surface area (Å²) in [6, 6.07) is 0. The second-order valence-corrected chi connectivity index (χ2v) is 7.35. The Hall–Kier alpha value is -0.380. The lowest BCUT2D eigenvalue weighted by atomic mass is 9.81. The van der Waals surface area contributed by atoms with Gasteiger partial charge in [-0.1, -0.05) is 20.3 Å². The molecule has 0 bridgehead atoms. The van der Waals surface area contributed by atoms with Crippen molar-refractivity contribution in [2.45, 2.75) is 51.2 Å². The molecule has 0 radical (unpaired) electrons. The maximum atomic E-state index is 12.0. The van der Waals surface area contributed by atoms with Crippen LogP contribution in [0, 0.1) is 11.8 Å². The normalized spacial score (nSPS) is 28.7. The average molecular weight is 246 g/mol. The van der Waals surface area contributed by atoms with E-state index in [1.165, 1.54) is 6.26 Å². The smallest absolute Gasteiger partial charge is 0.150 e. The molecule has 0 aliphatic heterocycles. The van der Waals surface area contributed by atoms with Crippen molar-refractivity contribution >= 4 is 15.6 Å². The summed E-state index contributed by atoms with van der Waals surface area (Å²) < 4.78 is 23.0. The summed E-state index contributed by atoms with van der Waals surface area (Å²) in [5, 5.41) is -0.292. The predicted molar refractivity (Wildman–Crippen MR) is 65.1 cm³/mol. The van der Waals surface area contributed by atoms with E-state index < -0.39 is 9.84 Å². The minimum absolute atomic E-state index is 0.0246. The summed E-state index contributed by atoms with van der Waals surface area (Å²) in [7, 11) is -2.98. The van der Waals surface area contributed by atoms with Crippen LogP contribution in [0.15, 0.2) is 0 Å². The van der Waals surface area contributed by atoms with Crippen molar-refractivity contribution < 1.29 is 13.2 Å². The molecule has 1 aliphatic rings. The summed E-state index contributed by atoms with van der Waals surface area (Å²) in [6.45, 7) is 3.94. The van der Waals surface area contributed by atoms with Crippen molar-refractivity contribution in [3.63, 3.8) is 0 Å². The van der Waals surface area contributed by atoms with E-state index in [2.05, 4.69) is 0 Å². The topological polar surface area (TPSA) is 51.2 Å². The average Bonchev–Trinajstić information content (AvgIpc) is 2.26. The molecule has 0 N–H and O–H groups in total. The third-order valence-corrected chi connectivity index (χ3v) is 5.37. The van der Waals surface area contributed by atoms with E-state index in [1.54, 1.807) is 0 Å². The largest absolute Gasteiger partial charge is 0.299 e. The van der Waals surface area contributed by atoms with E-state index in [4.69, 9.17) is 0 Å². The second-order valence-electron chi connectivity index (χ2n) is 5.03. The highest BCUT2D eigenvalue weighted by Crippen LogP contribution is 2.31. The van der Waals surface area contributed by atoms with Crippen LogP contribution >= 0.6 is 0 Å². The number of hydrogen-bond donors (Lipinski definition) is 0. The maximum Gasteiger partial charge on any atom is 0.150 e. The van der Waals surface area contributed by atoms with E-state index in [0.717, 1.165) is 25.7 Å². The first-order chi connectivity index (χ1) is 7.36. The first-order valence-electron chi connectivity index (χ1n) is 6.08. The Labute approximate surface area is 98.5 Å². The first kappa shape index (κ1) is 13.7. The highest BCUT2D eigenvalue weighted by Gasteiger charge is 2.33. The summed E-state index contributed by atoms with van der Waals surface area (Å²) in [4.78, 5) is 12.0. The number of sulfone groups is 1. The van der Waals surface area contributed by atoms with Gasteiger partial charge in [-0.3, -0.25) is 4.79 Å². The van der Waals surface area contributed by atoms with Crippen molar-refractivity contribution in [3.8, 4) is 0 Å². The van der Waals surface area contributed by atoms with Gasteiger partial charge in [-0.05, 0) is 25.7 Å². The number of rotatable bonds is 4.